The lowest BCUT2D eigenvalue weighted by Gasteiger charge is -2.21. The predicted octanol–water partition coefficient (Wildman–Crippen LogP) is 3.60. The molecule has 0 bridgehead atoms. The third-order valence-electron chi connectivity index (χ3n) is 2.66. The smallest absolute Gasteiger partial charge is 0.310 e. The monoisotopic (exact) mass is 275 g/mol. The van der Waals surface area contributed by atoms with Crippen LogP contribution in [0.5, 0.6) is 0 Å². The Kier molecular flexibility index (Phi) is 5.09. The molecule has 2 atom stereocenters. The molecule has 0 spiro atoms. The molecule has 1 aromatic carbocycles. The topological polar surface area (TPSA) is 38.3 Å². The fourth-order valence-electron chi connectivity index (χ4n) is 1.38. The third kappa shape index (κ3) is 3.51. The van der Waals surface area contributed by atoms with E-state index in [1.54, 1.807) is 19.1 Å². The Balaban J connectivity index is 2.77. The molecule has 2 unspecified atom stereocenters. The minimum atomic E-state index is -0.268. The van der Waals surface area contributed by atoms with Gasteiger partial charge in [0.25, 0.3) is 0 Å². The van der Waals surface area contributed by atoms with Crippen molar-refractivity contribution in [3.05, 3.63) is 28.2 Å². The van der Waals surface area contributed by atoms with Crippen LogP contribution in [-0.4, -0.2) is 19.1 Å². The van der Waals surface area contributed by atoms with Gasteiger partial charge in [-0.2, -0.15) is 0 Å². The molecular weight excluding hydrogens is 261 g/mol. The summed E-state index contributed by atoms with van der Waals surface area (Å²) in [6.45, 7) is 3.68. The number of esters is 1. The van der Waals surface area contributed by atoms with E-state index < -0.39 is 0 Å². The highest BCUT2D eigenvalue weighted by Crippen LogP contribution is 2.30. The molecule has 0 saturated carbocycles. The van der Waals surface area contributed by atoms with Crippen LogP contribution in [0.1, 0.15) is 13.8 Å². The van der Waals surface area contributed by atoms with Gasteiger partial charge in [-0.15, -0.1) is 0 Å². The van der Waals surface area contributed by atoms with Gasteiger partial charge in [-0.05, 0) is 26.0 Å². The zero-order chi connectivity index (χ0) is 13.0. The largest absolute Gasteiger partial charge is 0.469 e. The molecule has 0 heterocycles. The van der Waals surface area contributed by atoms with Crippen molar-refractivity contribution in [3.63, 3.8) is 0 Å². The summed E-state index contributed by atoms with van der Waals surface area (Å²) in [4.78, 5) is 11.4. The highest BCUT2D eigenvalue weighted by molar-refractivity contribution is 6.43. The second-order valence-electron chi connectivity index (χ2n) is 3.85. The van der Waals surface area contributed by atoms with Crippen LogP contribution in [-0.2, 0) is 9.53 Å². The lowest BCUT2D eigenvalue weighted by molar-refractivity contribution is -0.145. The number of benzene rings is 1. The third-order valence-corrected chi connectivity index (χ3v) is 3.48. The molecule has 0 aliphatic heterocycles. The first-order valence-corrected chi connectivity index (χ1v) is 6.01. The Labute approximate surface area is 111 Å². The van der Waals surface area contributed by atoms with Crippen molar-refractivity contribution in [1.82, 2.24) is 0 Å². The second kappa shape index (κ2) is 6.12. The summed E-state index contributed by atoms with van der Waals surface area (Å²) in [5, 5.41) is 4.09. The lowest BCUT2D eigenvalue weighted by Crippen LogP contribution is -2.30. The van der Waals surface area contributed by atoms with E-state index in [1.807, 2.05) is 13.0 Å². The summed E-state index contributed by atoms with van der Waals surface area (Å²) < 4.78 is 4.69. The van der Waals surface area contributed by atoms with Crippen molar-refractivity contribution in [3.8, 4) is 0 Å². The van der Waals surface area contributed by atoms with E-state index in [-0.39, 0.29) is 17.9 Å². The van der Waals surface area contributed by atoms with Crippen LogP contribution in [0, 0.1) is 5.92 Å². The van der Waals surface area contributed by atoms with Crippen molar-refractivity contribution in [2.24, 2.45) is 5.92 Å². The molecule has 0 aromatic heterocycles. The van der Waals surface area contributed by atoms with E-state index >= 15 is 0 Å². The highest BCUT2D eigenvalue weighted by atomic mass is 35.5. The molecule has 0 aliphatic carbocycles. The van der Waals surface area contributed by atoms with Crippen molar-refractivity contribution in [2.45, 2.75) is 19.9 Å². The minimum Gasteiger partial charge on any atom is -0.469 e. The van der Waals surface area contributed by atoms with Crippen LogP contribution in [0.4, 0.5) is 5.69 Å². The molecule has 1 N–H and O–H groups in total. The molecule has 1 aromatic rings. The van der Waals surface area contributed by atoms with Gasteiger partial charge in [0.05, 0.1) is 28.8 Å². The second-order valence-corrected chi connectivity index (χ2v) is 4.63. The predicted molar refractivity (Wildman–Crippen MR) is 70.7 cm³/mol. The van der Waals surface area contributed by atoms with Gasteiger partial charge in [0.1, 0.15) is 0 Å². The van der Waals surface area contributed by atoms with E-state index in [2.05, 4.69) is 10.1 Å². The van der Waals surface area contributed by atoms with E-state index in [9.17, 15) is 4.79 Å². The maximum absolute atomic E-state index is 11.4. The molecular formula is C12H15Cl2NO2. The molecule has 5 heteroatoms. The number of hydrogen-bond donors (Lipinski definition) is 1. The van der Waals surface area contributed by atoms with Gasteiger partial charge in [-0.25, -0.2) is 0 Å². The number of rotatable bonds is 4. The summed E-state index contributed by atoms with van der Waals surface area (Å²) in [6, 6.07) is 5.22. The molecule has 0 radical (unpaired) electrons. The van der Waals surface area contributed by atoms with Crippen molar-refractivity contribution < 1.29 is 9.53 Å². The van der Waals surface area contributed by atoms with Gasteiger partial charge in [0, 0.05) is 6.04 Å². The number of halogens is 2. The van der Waals surface area contributed by atoms with Gasteiger partial charge in [0.15, 0.2) is 0 Å². The van der Waals surface area contributed by atoms with Crippen LogP contribution in [0.3, 0.4) is 0 Å². The van der Waals surface area contributed by atoms with Crippen LogP contribution >= 0.6 is 23.2 Å². The van der Waals surface area contributed by atoms with E-state index in [0.29, 0.717) is 15.7 Å². The summed E-state index contributed by atoms with van der Waals surface area (Å²) in [6.07, 6.45) is 0. The molecule has 0 fully saturated rings. The number of methoxy groups -OCH3 is 1. The van der Waals surface area contributed by atoms with Crippen LogP contribution in [0.2, 0.25) is 10.0 Å². The highest BCUT2D eigenvalue weighted by Gasteiger charge is 2.21. The van der Waals surface area contributed by atoms with Crippen LogP contribution in [0.15, 0.2) is 18.2 Å². The van der Waals surface area contributed by atoms with E-state index in [0.717, 1.165) is 0 Å². The van der Waals surface area contributed by atoms with Gasteiger partial charge < -0.3 is 10.1 Å². The maximum Gasteiger partial charge on any atom is 0.310 e. The Morgan fingerprint density at radius 3 is 2.59 bits per heavy atom. The molecule has 17 heavy (non-hydrogen) atoms. The lowest BCUT2D eigenvalue weighted by atomic mass is 10.0. The number of carbonyl (C=O) groups excluding carboxylic acids is 1. The fraction of sp³-hybridized carbons (Fsp3) is 0.417. The average molecular weight is 276 g/mol. The Bertz CT molecular complexity index is 409. The Hall–Kier alpha value is -0.930. The minimum absolute atomic E-state index is 0.0987. The zero-order valence-corrected chi connectivity index (χ0v) is 11.5. The molecule has 0 aliphatic rings. The van der Waals surface area contributed by atoms with Crippen molar-refractivity contribution in [2.75, 3.05) is 12.4 Å². The Morgan fingerprint density at radius 1 is 1.35 bits per heavy atom. The van der Waals surface area contributed by atoms with E-state index in [4.69, 9.17) is 23.2 Å². The molecule has 94 valence electrons. The van der Waals surface area contributed by atoms with E-state index in [1.165, 1.54) is 7.11 Å². The molecule has 3 nitrogen and oxygen atoms in total. The summed E-state index contributed by atoms with van der Waals surface area (Å²) in [5.41, 5.74) is 0.711. The number of anilines is 1. The molecule has 0 amide bonds. The quantitative estimate of drug-likeness (QED) is 0.854. The fourth-order valence-corrected chi connectivity index (χ4v) is 1.73. The normalized spacial score (nSPS) is 13.9. The van der Waals surface area contributed by atoms with Crippen LogP contribution in [0.25, 0.3) is 0 Å². The standard InChI is InChI=1S/C12H15Cl2NO2/c1-7(12(16)17-3)8(2)15-10-6-4-5-9(13)11(10)14/h4-8,15H,1-3H3. The van der Waals surface area contributed by atoms with Gasteiger partial charge >= 0.3 is 5.97 Å². The SMILES string of the molecule is COC(=O)C(C)C(C)Nc1cccc(Cl)c1Cl. The first kappa shape index (κ1) is 14.1. The number of hydrogen-bond acceptors (Lipinski definition) is 3. The molecule has 0 saturated heterocycles. The van der Waals surface area contributed by atoms with Crippen LogP contribution < -0.4 is 5.32 Å². The van der Waals surface area contributed by atoms with Crippen molar-refractivity contribution in [1.29, 1.82) is 0 Å². The van der Waals surface area contributed by atoms with Gasteiger partial charge in [-0.3, -0.25) is 4.79 Å². The summed E-state index contributed by atoms with van der Waals surface area (Å²) in [7, 11) is 1.37. The summed E-state index contributed by atoms with van der Waals surface area (Å²) >= 11 is 11.9. The van der Waals surface area contributed by atoms with Gasteiger partial charge in [0.2, 0.25) is 0 Å². The number of carbonyl (C=O) groups is 1. The zero-order valence-electron chi connectivity index (χ0n) is 9.96. The molecule has 1 rings (SSSR count). The Morgan fingerprint density at radius 2 is 2.00 bits per heavy atom. The maximum atomic E-state index is 11.4. The number of ether oxygens (including phenoxy) is 1. The average Bonchev–Trinajstić information content (AvgIpc) is 2.32. The first-order valence-electron chi connectivity index (χ1n) is 5.25. The summed E-state index contributed by atoms with van der Waals surface area (Å²) in [5.74, 6) is -0.529. The van der Waals surface area contributed by atoms with Crippen molar-refractivity contribution >= 4 is 34.9 Å². The van der Waals surface area contributed by atoms with Gasteiger partial charge in [-0.1, -0.05) is 29.3 Å². The first-order chi connectivity index (χ1) is 7.97. The number of nitrogens with one attached hydrogen (secondary N) is 1.